The van der Waals surface area contributed by atoms with Crippen LogP contribution in [0.1, 0.15) is 66.9 Å². The summed E-state index contributed by atoms with van der Waals surface area (Å²) in [5.74, 6) is -1.29. The van der Waals surface area contributed by atoms with Crippen molar-refractivity contribution in [2.75, 3.05) is 13.1 Å². The van der Waals surface area contributed by atoms with Crippen molar-refractivity contribution in [2.24, 2.45) is 4.99 Å². The third kappa shape index (κ3) is 5.31. The van der Waals surface area contributed by atoms with Crippen LogP contribution in [0.2, 0.25) is 0 Å². The van der Waals surface area contributed by atoms with E-state index >= 15 is 0 Å². The number of rotatable bonds is 3. The number of fused-ring (bicyclic) bond motifs is 2. The normalized spacial score (nSPS) is 15.4. The molecule has 5 rings (SSSR count). The standard InChI is InChI=1S/C21H19FN2O2S.C5H11N/c1-11(2)23-18-17-16(12-7-9-13(22)10-8-12)14-5-3-4-6-15(14)24-20(17)27-19(18)21(25)26;1-2-4-6-5-3-1/h7-10H,3-6H2,1-2H3,(H,25,26);6H,1-5H2. The molecule has 1 aliphatic heterocycles. The smallest absolute Gasteiger partial charge is 0.348 e. The van der Waals surface area contributed by atoms with Crippen molar-refractivity contribution in [1.82, 2.24) is 10.3 Å². The monoisotopic (exact) mass is 467 g/mol. The number of aryl methyl sites for hydroxylation is 1. The first kappa shape index (κ1) is 23.5. The molecule has 2 aromatic heterocycles. The van der Waals surface area contributed by atoms with Crippen LogP contribution in [0.15, 0.2) is 29.3 Å². The van der Waals surface area contributed by atoms with Gasteiger partial charge in [0.1, 0.15) is 15.5 Å². The summed E-state index contributed by atoms with van der Waals surface area (Å²) < 4.78 is 13.5. The molecule has 1 aliphatic carbocycles. The predicted octanol–water partition coefficient (Wildman–Crippen LogP) is 6.55. The minimum atomic E-state index is -0.999. The van der Waals surface area contributed by atoms with E-state index in [0.29, 0.717) is 10.5 Å². The lowest BCUT2D eigenvalue weighted by atomic mass is 9.87. The second-order valence-electron chi connectivity index (χ2n) is 8.76. The maximum atomic E-state index is 13.5. The molecule has 0 saturated carbocycles. The van der Waals surface area contributed by atoms with E-state index in [4.69, 9.17) is 4.98 Å². The Bertz CT molecular complexity index is 1170. The van der Waals surface area contributed by atoms with E-state index in [1.807, 2.05) is 13.8 Å². The number of thiophene rings is 1. The number of aromatic nitrogens is 1. The molecule has 2 N–H and O–H groups in total. The number of nitrogens with zero attached hydrogens (tertiary/aromatic N) is 2. The van der Waals surface area contributed by atoms with E-state index in [-0.39, 0.29) is 10.7 Å². The Morgan fingerprint density at radius 3 is 2.33 bits per heavy atom. The van der Waals surface area contributed by atoms with Crippen molar-refractivity contribution < 1.29 is 14.3 Å². The molecule has 5 nitrogen and oxygen atoms in total. The van der Waals surface area contributed by atoms with Crippen LogP contribution in [0.3, 0.4) is 0 Å². The summed E-state index contributed by atoms with van der Waals surface area (Å²) in [5.41, 5.74) is 5.23. The lowest BCUT2D eigenvalue weighted by Gasteiger charge is -2.20. The Balaban J connectivity index is 0.000000376. The first-order valence-electron chi connectivity index (χ1n) is 11.7. The molecule has 2 aliphatic rings. The van der Waals surface area contributed by atoms with Gasteiger partial charge >= 0.3 is 5.97 Å². The van der Waals surface area contributed by atoms with Crippen LogP contribution in [0.25, 0.3) is 21.3 Å². The highest BCUT2D eigenvalue weighted by Gasteiger charge is 2.26. The molecule has 0 bridgehead atoms. The van der Waals surface area contributed by atoms with E-state index < -0.39 is 5.97 Å². The highest BCUT2D eigenvalue weighted by Crippen LogP contribution is 2.46. The Kier molecular flexibility index (Phi) is 7.50. The number of halogens is 1. The highest BCUT2D eigenvalue weighted by molar-refractivity contribution is 7.21. The van der Waals surface area contributed by atoms with E-state index in [9.17, 15) is 14.3 Å². The Morgan fingerprint density at radius 1 is 1.06 bits per heavy atom. The molecule has 1 aromatic carbocycles. The van der Waals surface area contributed by atoms with Crippen LogP contribution in [0, 0.1) is 5.82 Å². The van der Waals surface area contributed by atoms with Gasteiger partial charge in [0.15, 0.2) is 0 Å². The van der Waals surface area contributed by atoms with Crippen molar-refractivity contribution in [2.45, 2.75) is 58.8 Å². The van der Waals surface area contributed by atoms with Crippen molar-refractivity contribution in [3.05, 3.63) is 46.2 Å². The fourth-order valence-corrected chi connectivity index (χ4v) is 5.46. The van der Waals surface area contributed by atoms with E-state index in [1.165, 1.54) is 55.8 Å². The van der Waals surface area contributed by atoms with Gasteiger partial charge in [0.25, 0.3) is 0 Å². The number of pyridine rings is 1. The zero-order valence-electron chi connectivity index (χ0n) is 19.2. The summed E-state index contributed by atoms with van der Waals surface area (Å²) in [5, 5.41) is 13.8. The Labute approximate surface area is 197 Å². The van der Waals surface area contributed by atoms with Gasteiger partial charge in [-0.1, -0.05) is 18.6 Å². The quantitative estimate of drug-likeness (QED) is 0.428. The molecular weight excluding hydrogens is 437 g/mol. The SMILES string of the molecule is C1CCNCC1.CC(C)=Nc1c(C(=O)O)sc2nc3c(c(-c4ccc(F)cc4)c12)CCCC3. The number of aromatic carboxylic acids is 1. The molecule has 33 heavy (non-hydrogen) atoms. The summed E-state index contributed by atoms with van der Waals surface area (Å²) in [6, 6.07) is 6.39. The van der Waals surface area contributed by atoms with Gasteiger partial charge < -0.3 is 10.4 Å². The topological polar surface area (TPSA) is 74.6 Å². The maximum absolute atomic E-state index is 13.5. The molecule has 3 aromatic rings. The highest BCUT2D eigenvalue weighted by atomic mass is 32.1. The second kappa shape index (κ2) is 10.5. The molecule has 0 atom stereocenters. The van der Waals surface area contributed by atoms with Gasteiger partial charge in [0, 0.05) is 16.8 Å². The zero-order chi connectivity index (χ0) is 23.4. The molecule has 3 heterocycles. The van der Waals surface area contributed by atoms with Crippen molar-refractivity contribution in [3.8, 4) is 11.1 Å². The lowest BCUT2D eigenvalue weighted by Crippen LogP contribution is -2.21. The minimum Gasteiger partial charge on any atom is -0.477 e. The molecule has 0 unspecified atom stereocenters. The summed E-state index contributed by atoms with van der Waals surface area (Å²) in [6.45, 7) is 6.19. The number of carbonyl (C=O) groups is 1. The molecule has 0 spiro atoms. The third-order valence-electron chi connectivity index (χ3n) is 5.96. The average Bonchev–Trinajstić information content (AvgIpc) is 3.17. The van der Waals surface area contributed by atoms with Crippen molar-refractivity contribution in [3.63, 3.8) is 0 Å². The van der Waals surface area contributed by atoms with Gasteiger partial charge in [-0.2, -0.15) is 0 Å². The van der Waals surface area contributed by atoms with Crippen molar-refractivity contribution >= 4 is 38.9 Å². The van der Waals surface area contributed by atoms with Crippen LogP contribution in [-0.2, 0) is 12.8 Å². The molecule has 7 heteroatoms. The number of aliphatic imine (C=N–C) groups is 1. The number of benzene rings is 1. The Morgan fingerprint density at radius 2 is 1.76 bits per heavy atom. The fourth-order valence-electron chi connectivity index (χ4n) is 4.48. The Hall–Kier alpha value is -2.64. The zero-order valence-corrected chi connectivity index (χ0v) is 20.0. The average molecular weight is 468 g/mol. The number of hydrogen-bond donors (Lipinski definition) is 2. The number of carboxylic acid groups (broad SMARTS) is 1. The minimum absolute atomic E-state index is 0.199. The van der Waals surface area contributed by atoms with E-state index in [2.05, 4.69) is 10.3 Å². The number of carboxylic acids is 1. The van der Waals surface area contributed by atoms with Gasteiger partial charge in [-0.15, -0.1) is 11.3 Å². The molecule has 1 fully saturated rings. The summed E-state index contributed by atoms with van der Waals surface area (Å²) in [6.07, 6.45) is 8.12. The molecule has 0 amide bonds. The molecule has 0 radical (unpaired) electrons. The lowest BCUT2D eigenvalue weighted by molar-refractivity contribution is 0.0703. The first-order valence-corrected chi connectivity index (χ1v) is 12.5. The van der Waals surface area contributed by atoms with Crippen LogP contribution >= 0.6 is 11.3 Å². The van der Waals surface area contributed by atoms with Gasteiger partial charge in [0.2, 0.25) is 0 Å². The van der Waals surface area contributed by atoms with Crippen LogP contribution in [0.5, 0.6) is 0 Å². The summed E-state index contributed by atoms with van der Waals surface area (Å²) >= 11 is 1.17. The number of hydrogen-bond acceptors (Lipinski definition) is 5. The maximum Gasteiger partial charge on any atom is 0.348 e. The third-order valence-corrected chi connectivity index (χ3v) is 7.02. The van der Waals surface area contributed by atoms with Crippen LogP contribution < -0.4 is 5.32 Å². The second-order valence-corrected chi connectivity index (χ2v) is 9.76. The van der Waals surface area contributed by atoms with Crippen LogP contribution in [-0.4, -0.2) is 34.9 Å². The largest absolute Gasteiger partial charge is 0.477 e. The van der Waals surface area contributed by atoms with Crippen molar-refractivity contribution in [1.29, 1.82) is 0 Å². The number of piperidine rings is 1. The number of nitrogens with one attached hydrogen (secondary N) is 1. The van der Waals surface area contributed by atoms with E-state index in [0.717, 1.165) is 59.2 Å². The van der Waals surface area contributed by atoms with Gasteiger partial charge in [-0.25, -0.2) is 14.2 Å². The molecular formula is C26H30FN3O2S. The van der Waals surface area contributed by atoms with Gasteiger partial charge in [-0.3, -0.25) is 4.99 Å². The fraction of sp³-hybridized carbons (Fsp3) is 0.423. The predicted molar refractivity (Wildman–Crippen MR) is 134 cm³/mol. The van der Waals surface area contributed by atoms with Gasteiger partial charge in [-0.05, 0) is 94.3 Å². The molecule has 174 valence electrons. The summed E-state index contributed by atoms with van der Waals surface area (Å²) in [7, 11) is 0. The summed E-state index contributed by atoms with van der Waals surface area (Å²) in [4.78, 5) is 22.1. The van der Waals surface area contributed by atoms with Crippen LogP contribution in [0.4, 0.5) is 10.1 Å². The van der Waals surface area contributed by atoms with Gasteiger partial charge in [0.05, 0.1) is 5.69 Å². The first-order chi connectivity index (χ1) is 16.0. The van der Waals surface area contributed by atoms with E-state index in [1.54, 1.807) is 12.1 Å². The molecule has 1 saturated heterocycles.